The highest BCUT2D eigenvalue weighted by atomic mass is 79.9. The van der Waals surface area contributed by atoms with Crippen molar-refractivity contribution >= 4 is 21.9 Å². The maximum atomic E-state index is 12.2. The average Bonchev–Trinajstić information content (AvgIpc) is 3.09. The summed E-state index contributed by atoms with van der Waals surface area (Å²) in [7, 11) is 0. The summed E-state index contributed by atoms with van der Waals surface area (Å²) < 4.78 is 51.6. The van der Waals surface area contributed by atoms with Crippen molar-refractivity contribution in [2.75, 3.05) is 6.61 Å². The van der Waals surface area contributed by atoms with Gasteiger partial charge >= 0.3 is 12.3 Å². The van der Waals surface area contributed by atoms with Gasteiger partial charge in [0.25, 0.3) is 5.89 Å². The Morgan fingerprint density at radius 2 is 1.89 bits per heavy atom. The molecule has 0 radical (unpaired) electrons. The lowest BCUT2D eigenvalue weighted by Gasteiger charge is -2.08. The van der Waals surface area contributed by atoms with Gasteiger partial charge < -0.3 is 19.1 Å². The minimum absolute atomic E-state index is 0.0484. The molecular weight excluding hydrogens is 449 g/mol. The zero-order chi connectivity index (χ0) is 20.3. The Hall–Kier alpha value is -3.08. The minimum atomic E-state index is -4.78. The van der Waals surface area contributed by atoms with Gasteiger partial charge in [0.1, 0.15) is 11.5 Å². The molecule has 3 aromatic rings. The van der Waals surface area contributed by atoms with E-state index in [0.717, 1.165) is 12.1 Å². The number of nitrogens with zero attached hydrogens (tertiary/aromatic N) is 2. The number of carboxylic acids is 1. The van der Waals surface area contributed by atoms with Crippen LogP contribution in [-0.2, 0) is 4.79 Å². The Morgan fingerprint density at radius 1 is 1.18 bits per heavy atom. The molecule has 0 spiro atoms. The predicted octanol–water partition coefficient (Wildman–Crippen LogP) is 4.53. The normalized spacial score (nSPS) is 11.3. The van der Waals surface area contributed by atoms with Crippen molar-refractivity contribution < 1.29 is 37.1 Å². The molecule has 0 fully saturated rings. The molecule has 1 heterocycles. The van der Waals surface area contributed by atoms with Crippen LogP contribution in [0, 0.1) is 0 Å². The third kappa shape index (κ3) is 5.00. The summed E-state index contributed by atoms with van der Waals surface area (Å²) in [6.07, 6.45) is -4.78. The van der Waals surface area contributed by atoms with E-state index in [9.17, 15) is 18.0 Å². The Balaban J connectivity index is 1.86. The van der Waals surface area contributed by atoms with Crippen molar-refractivity contribution in [2.24, 2.45) is 0 Å². The number of aliphatic carboxylic acids is 1. The Morgan fingerprint density at radius 3 is 2.54 bits per heavy atom. The van der Waals surface area contributed by atoms with Crippen molar-refractivity contribution in [1.82, 2.24) is 10.1 Å². The van der Waals surface area contributed by atoms with Crippen LogP contribution in [0.2, 0.25) is 0 Å². The molecule has 1 N–H and O–H groups in total. The second kappa shape index (κ2) is 7.89. The van der Waals surface area contributed by atoms with Gasteiger partial charge in [0.2, 0.25) is 5.82 Å². The molecule has 0 aliphatic carbocycles. The smallest absolute Gasteiger partial charge is 0.481 e. The first-order valence-corrected chi connectivity index (χ1v) is 8.35. The molecule has 0 saturated heterocycles. The second-order valence-electron chi connectivity index (χ2n) is 5.32. The molecular formula is C17H10BrF3N2O5. The van der Waals surface area contributed by atoms with Gasteiger partial charge in [0, 0.05) is 10.0 Å². The summed E-state index contributed by atoms with van der Waals surface area (Å²) in [6, 6.07) is 9.73. The highest BCUT2D eigenvalue weighted by Gasteiger charge is 2.31. The largest absolute Gasteiger partial charge is 0.573 e. The third-order valence-electron chi connectivity index (χ3n) is 3.30. The van der Waals surface area contributed by atoms with Gasteiger partial charge in [-0.25, -0.2) is 4.79 Å². The fourth-order valence-electron chi connectivity index (χ4n) is 2.19. The maximum Gasteiger partial charge on any atom is 0.573 e. The molecule has 7 nitrogen and oxygen atoms in total. The number of hydrogen-bond acceptors (Lipinski definition) is 6. The standard InChI is InChI=1S/C17H10BrF3N2O5/c18-10-3-6-13(26-8-14(24)25)12(7-10)16-22-15(23-28-16)9-1-4-11(5-2-9)27-17(19,20)21/h1-7H,8H2,(H,24,25). The summed E-state index contributed by atoms with van der Waals surface area (Å²) in [5.74, 6) is -1.14. The summed E-state index contributed by atoms with van der Waals surface area (Å²) in [5.41, 5.74) is 0.749. The summed E-state index contributed by atoms with van der Waals surface area (Å²) >= 11 is 3.29. The van der Waals surface area contributed by atoms with E-state index >= 15 is 0 Å². The SMILES string of the molecule is O=C(O)COc1ccc(Br)cc1-c1nc(-c2ccc(OC(F)(F)F)cc2)no1. The first-order chi connectivity index (χ1) is 13.2. The number of hydrogen-bond donors (Lipinski definition) is 1. The van der Waals surface area contributed by atoms with Gasteiger partial charge in [-0.15, -0.1) is 13.2 Å². The molecule has 0 aliphatic rings. The van der Waals surface area contributed by atoms with E-state index in [-0.39, 0.29) is 23.2 Å². The van der Waals surface area contributed by atoms with Crippen LogP contribution in [0.5, 0.6) is 11.5 Å². The summed E-state index contributed by atoms with van der Waals surface area (Å²) in [4.78, 5) is 14.9. The van der Waals surface area contributed by atoms with Gasteiger partial charge in [-0.1, -0.05) is 21.1 Å². The van der Waals surface area contributed by atoms with Crippen LogP contribution in [0.25, 0.3) is 22.8 Å². The van der Waals surface area contributed by atoms with E-state index in [0.29, 0.717) is 15.6 Å². The van der Waals surface area contributed by atoms with Crippen molar-refractivity contribution in [1.29, 1.82) is 0 Å². The van der Waals surface area contributed by atoms with Gasteiger partial charge in [-0.2, -0.15) is 4.98 Å². The van der Waals surface area contributed by atoms with Crippen molar-refractivity contribution in [3.8, 4) is 34.3 Å². The number of ether oxygens (including phenoxy) is 2. The van der Waals surface area contributed by atoms with E-state index in [1.54, 1.807) is 12.1 Å². The van der Waals surface area contributed by atoms with E-state index < -0.39 is 18.9 Å². The zero-order valence-electron chi connectivity index (χ0n) is 13.7. The zero-order valence-corrected chi connectivity index (χ0v) is 15.3. The average molecular weight is 459 g/mol. The van der Waals surface area contributed by atoms with Crippen LogP contribution in [0.4, 0.5) is 13.2 Å². The molecule has 0 aliphatic heterocycles. The van der Waals surface area contributed by atoms with Crippen molar-refractivity contribution in [3.63, 3.8) is 0 Å². The lowest BCUT2D eigenvalue weighted by molar-refractivity contribution is -0.274. The van der Waals surface area contributed by atoms with Crippen LogP contribution in [0.1, 0.15) is 0 Å². The van der Waals surface area contributed by atoms with E-state index in [1.807, 2.05) is 0 Å². The monoisotopic (exact) mass is 458 g/mol. The van der Waals surface area contributed by atoms with Crippen molar-refractivity contribution in [2.45, 2.75) is 6.36 Å². The molecule has 2 aromatic carbocycles. The molecule has 28 heavy (non-hydrogen) atoms. The van der Waals surface area contributed by atoms with Crippen LogP contribution in [0.15, 0.2) is 51.5 Å². The molecule has 0 unspecified atom stereocenters. The van der Waals surface area contributed by atoms with Crippen LogP contribution in [0.3, 0.4) is 0 Å². The number of carbonyl (C=O) groups is 1. The van der Waals surface area contributed by atoms with Crippen LogP contribution < -0.4 is 9.47 Å². The second-order valence-corrected chi connectivity index (χ2v) is 6.23. The van der Waals surface area contributed by atoms with E-state index in [2.05, 4.69) is 30.8 Å². The van der Waals surface area contributed by atoms with E-state index in [1.165, 1.54) is 18.2 Å². The maximum absolute atomic E-state index is 12.2. The quantitative estimate of drug-likeness (QED) is 0.579. The van der Waals surface area contributed by atoms with E-state index in [4.69, 9.17) is 14.4 Å². The molecule has 0 atom stereocenters. The van der Waals surface area contributed by atoms with Crippen LogP contribution in [-0.4, -0.2) is 34.2 Å². The van der Waals surface area contributed by atoms with Crippen LogP contribution >= 0.6 is 15.9 Å². The molecule has 1 aromatic heterocycles. The molecule has 146 valence electrons. The Bertz CT molecular complexity index is 989. The first-order valence-electron chi connectivity index (χ1n) is 7.56. The summed E-state index contributed by atoms with van der Waals surface area (Å²) in [6.45, 7) is -0.559. The number of benzene rings is 2. The lowest BCUT2D eigenvalue weighted by atomic mass is 10.2. The number of halogens is 4. The van der Waals surface area contributed by atoms with Crippen molar-refractivity contribution in [3.05, 3.63) is 46.9 Å². The summed E-state index contributed by atoms with van der Waals surface area (Å²) in [5, 5.41) is 12.6. The number of alkyl halides is 3. The number of rotatable bonds is 6. The fourth-order valence-corrected chi connectivity index (χ4v) is 2.55. The first kappa shape index (κ1) is 19.7. The molecule has 3 rings (SSSR count). The predicted molar refractivity (Wildman–Crippen MR) is 92.7 cm³/mol. The molecule has 11 heteroatoms. The molecule has 0 bridgehead atoms. The van der Waals surface area contributed by atoms with Gasteiger partial charge in [0.05, 0.1) is 5.56 Å². The Kier molecular flexibility index (Phi) is 5.54. The van der Waals surface area contributed by atoms with Gasteiger partial charge in [-0.05, 0) is 42.5 Å². The highest BCUT2D eigenvalue weighted by molar-refractivity contribution is 9.10. The number of carboxylic acid groups (broad SMARTS) is 1. The minimum Gasteiger partial charge on any atom is -0.481 e. The lowest BCUT2D eigenvalue weighted by Crippen LogP contribution is -2.16. The molecule has 0 saturated carbocycles. The Labute approximate surface area is 163 Å². The third-order valence-corrected chi connectivity index (χ3v) is 3.79. The topological polar surface area (TPSA) is 94.7 Å². The molecule has 0 amide bonds. The van der Waals surface area contributed by atoms with Gasteiger partial charge in [-0.3, -0.25) is 0 Å². The van der Waals surface area contributed by atoms with Gasteiger partial charge in [0.15, 0.2) is 6.61 Å². The highest BCUT2D eigenvalue weighted by Crippen LogP contribution is 2.33. The fraction of sp³-hybridized carbons (Fsp3) is 0.118. The number of aromatic nitrogens is 2.